The molecule has 0 aromatic heterocycles. The Balaban J connectivity index is 3.95. The molecule has 0 aromatic rings. The minimum Gasteiger partial charge on any atom is -0.463 e. The highest BCUT2D eigenvalue weighted by Crippen LogP contribution is 2.19. The quantitative estimate of drug-likeness (QED) is 0.0488. The minimum absolute atomic E-state index is 0.0170. The lowest BCUT2D eigenvalue weighted by molar-refractivity contribution is -0.150. The Labute approximate surface area is 336 Å². The predicted octanol–water partition coefficient (Wildman–Crippen LogP) is 13.1. The molecule has 0 aliphatic rings. The van der Waals surface area contributed by atoms with Crippen molar-refractivity contribution in [2.45, 2.75) is 251 Å². The predicted molar refractivity (Wildman–Crippen MR) is 229 cm³/mol. The van der Waals surface area contributed by atoms with E-state index in [1.165, 1.54) is 135 Å². The highest BCUT2D eigenvalue weighted by Gasteiger charge is 2.15. The molecule has 0 amide bonds. The maximum absolute atomic E-state index is 12.7. The lowest BCUT2D eigenvalue weighted by Crippen LogP contribution is -2.29. The van der Waals surface area contributed by atoms with Gasteiger partial charge in [0, 0.05) is 26.5 Å². The van der Waals surface area contributed by atoms with Crippen LogP contribution in [0.1, 0.15) is 239 Å². The fraction of sp³-hybridized carbons (Fsp3) is 0.957. The van der Waals surface area contributed by atoms with Crippen molar-refractivity contribution in [3.8, 4) is 0 Å². The molecule has 0 aliphatic heterocycles. The van der Waals surface area contributed by atoms with Gasteiger partial charge in [-0.15, -0.1) is 0 Å². The molecule has 0 aliphatic carbocycles. The van der Waals surface area contributed by atoms with Crippen LogP contribution in [0.25, 0.3) is 0 Å². The van der Waals surface area contributed by atoms with E-state index in [0.717, 1.165) is 90.3 Å². The van der Waals surface area contributed by atoms with Crippen molar-refractivity contribution >= 4 is 11.9 Å². The number of aliphatic hydroxyl groups excluding tert-OH is 1. The fourth-order valence-corrected chi connectivity index (χ4v) is 7.42. The maximum Gasteiger partial charge on any atom is 0.306 e. The molecule has 0 saturated carbocycles. The number of ether oxygens (including phenoxy) is 3. The highest BCUT2D eigenvalue weighted by molar-refractivity contribution is 5.69. The first-order valence-corrected chi connectivity index (χ1v) is 23.7. The number of methoxy groups -OCH3 is 1. The monoisotopic (exact) mass is 768 g/mol. The Morgan fingerprint density at radius 1 is 0.463 bits per heavy atom. The standard InChI is InChI=1S/C47H93NO6/c1-5-8-11-14-21-27-34-44(35-28-22-15-12-9-6-2)54-47(51)38-31-23-17-16-18-25-32-39-48(41-42-49)40-33-26-19-24-30-37-46(50)53-43-45(52-4)36-29-20-13-10-7-3/h44-45,49H,5-43H2,1-4H3. The zero-order valence-electron chi connectivity index (χ0n) is 36.7. The highest BCUT2D eigenvalue weighted by atomic mass is 16.6. The van der Waals surface area contributed by atoms with Gasteiger partial charge in [-0.3, -0.25) is 9.59 Å². The fourth-order valence-electron chi connectivity index (χ4n) is 7.42. The number of aliphatic hydroxyl groups is 1. The normalized spacial score (nSPS) is 12.2. The summed E-state index contributed by atoms with van der Waals surface area (Å²) in [5.41, 5.74) is 0. The number of rotatable bonds is 44. The lowest BCUT2D eigenvalue weighted by Gasteiger charge is -2.21. The molecule has 1 atom stereocenters. The first-order valence-electron chi connectivity index (χ1n) is 23.7. The van der Waals surface area contributed by atoms with Crippen molar-refractivity contribution in [1.29, 1.82) is 0 Å². The minimum atomic E-state index is -0.0989. The number of carbonyl (C=O) groups excluding carboxylic acids is 2. The van der Waals surface area contributed by atoms with E-state index in [1.54, 1.807) is 7.11 Å². The molecule has 0 heterocycles. The van der Waals surface area contributed by atoms with Gasteiger partial charge >= 0.3 is 11.9 Å². The summed E-state index contributed by atoms with van der Waals surface area (Å²) in [4.78, 5) is 27.3. The molecule has 0 radical (unpaired) electrons. The van der Waals surface area contributed by atoms with E-state index in [4.69, 9.17) is 14.2 Å². The molecule has 0 aromatic carbocycles. The van der Waals surface area contributed by atoms with Crippen molar-refractivity contribution in [3.05, 3.63) is 0 Å². The van der Waals surface area contributed by atoms with Crippen molar-refractivity contribution in [1.82, 2.24) is 4.90 Å². The van der Waals surface area contributed by atoms with E-state index in [9.17, 15) is 14.7 Å². The summed E-state index contributed by atoms with van der Waals surface area (Å²) >= 11 is 0. The van der Waals surface area contributed by atoms with Gasteiger partial charge in [0.1, 0.15) is 12.7 Å². The number of hydrogen-bond donors (Lipinski definition) is 1. The van der Waals surface area contributed by atoms with Crippen LogP contribution in [0.2, 0.25) is 0 Å². The smallest absolute Gasteiger partial charge is 0.306 e. The van der Waals surface area contributed by atoms with Gasteiger partial charge in [0.05, 0.1) is 12.7 Å². The molecular formula is C47H93NO6. The lowest BCUT2D eigenvalue weighted by atomic mass is 10.0. The van der Waals surface area contributed by atoms with Crippen LogP contribution in [0.15, 0.2) is 0 Å². The molecule has 0 spiro atoms. The van der Waals surface area contributed by atoms with Gasteiger partial charge < -0.3 is 24.2 Å². The average molecular weight is 768 g/mol. The Hall–Kier alpha value is -1.18. The number of carbonyl (C=O) groups is 2. The number of esters is 2. The van der Waals surface area contributed by atoms with Crippen molar-refractivity contribution < 1.29 is 28.9 Å². The summed E-state index contributed by atoms with van der Waals surface area (Å²) in [6.45, 7) is 10.2. The van der Waals surface area contributed by atoms with Gasteiger partial charge in [0.25, 0.3) is 0 Å². The first-order chi connectivity index (χ1) is 26.5. The largest absolute Gasteiger partial charge is 0.463 e. The Kier molecular flexibility index (Phi) is 42.0. The van der Waals surface area contributed by atoms with Crippen LogP contribution in [0.4, 0.5) is 0 Å². The van der Waals surface area contributed by atoms with Crippen LogP contribution in [0.5, 0.6) is 0 Å². The van der Waals surface area contributed by atoms with Crippen LogP contribution < -0.4 is 0 Å². The second-order valence-corrected chi connectivity index (χ2v) is 16.3. The Morgan fingerprint density at radius 3 is 1.26 bits per heavy atom. The molecule has 0 fully saturated rings. The zero-order valence-corrected chi connectivity index (χ0v) is 36.7. The molecule has 7 heteroatoms. The van der Waals surface area contributed by atoms with E-state index in [2.05, 4.69) is 25.7 Å². The van der Waals surface area contributed by atoms with Crippen LogP contribution in [-0.4, -0.2) is 74.1 Å². The Bertz CT molecular complexity index is 763. The van der Waals surface area contributed by atoms with E-state index in [-0.39, 0.29) is 30.8 Å². The zero-order chi connectivity index (χ0) is 39.6. The average Bonchev–Trinajstić information content (AvgIpc) is 3.17. The molecule has 7 nitrogen and oxygen atoms in total. The summed E-state index contributed by atoms with van der Waals surface area (Å²) in [6.07, 6.45) is 39.3. The molecule has 0 saturated heterocycles. The second-order valence-electron chi connectivity index (χ2n) is 16.3. The van der Waals surface area contributed by atoms with E-state index < -0.39 is 0 Å². The SMILES string of the molecule is CCCCCCCCC(CCCCCCCC)OC(=O)CCCCCCCCCN(CCO)CCCCCCCC(=O)OCC(CCCCCCC)OC. The number of unbranched alkanes of at least 4 members (excludes halogenated alkanes) is 24. The molecule has 0 bridgehead atoms. The molecular weight excluding hydrogens is 675 g/mol. The second kappa shape index (κ2) is 43.0. The topological polar surface area (TPSA) is 85.3 Å². The number of nitrogens with zero attached hydrogens (tertiary/aromatic N) is 1. The van der Waals surface area contributed by atoms with E-state index in [1.807, 2.05) is 0 Å². The summed E-state index contributed by atoms with van der Waals surface area (Å²) in [5.74, 6) is -0.0748. The molecule has 54 heavy (non-hydrogen) atoms. The van der Waals surface area contributed by atoms with Gasteiger partial charge in [-0.25, -0.2) is 0 Å². The van der Waals surface area contributed by atoms with Gasteiger partial charge in [0.2, 0.25) is 0 Å². The van der Waals surface area contributed by atoms with Crippen molar-refractivity contribution in [2.24, 2.45) is 0 Å². The molecule has 1 unspecified atom stereocenters. The third kappa shape index (κ3) is 37.7. The van der Waals surface area contributed by atoms with Crippen LogP contribution in [-0.2, 0) is 23.8 Å². The maximum atomic E-state index is 12.7. The molecule has 1 N–H and O–H groups in total. The van der Waals surface area contributed by atoms with Crippen LogP contribution in [0.3, 0.4) is 0 Å². The van der Waals surface area contributed by atoms with Gasteiger partial charge in [-0.1, -0.05) is 168 Å². The van der Waals surface area contributed by atoms with E-state index >= 15 is 0 Å². The molecule has 322 valence electrons. The van der Waals surface area contributed by atoms with Gasteiger partial charge in [-0.2, -0.15) is 0 Å². The molecule has 0 rings (SSSR count). The van der Waals surface area contributed by atoms with Crippen LogP contribution >= 0.6 is 0 Å². The third-order valence-corrected chi connectivity index (χ3v) is 11.1. The van der Waals surface area contributed by atoms with Gasteiger partial charge in [0.15, 0.2) is 0 Å². The van der Waals surface area contributed by atoms with Crippen LogP contribution in [0, 0.1) is 0 Å². The van der Waals surface area contributed by atoms with Crippen molar-refractivity contribution in [3.63, 3.8) is 0 Å². The summed E-state index contributed by atoms with van der Waals surface area (Å²) in [5, 5.41) is 9.56. The summed E-state index contributed by atoms with van der Waals surface area (Å²) in [6, 6.07) is 0. The third-order valence-electron chi connectivity index (χ3n) is 11.1. The Morgan fingerprint density at radius 2 is 0.833 bits per heavy atom. The van der Waals surface area contributed by atoms with E-state index in [0.29, 0.717) is 19.4 Å². The summed E-state index contributed by atoms with van der Waals surface area (Å²) in [7, 11) is 1.71. The van der Waals surface area contributed by atoms with Gasteiger partial charge in [-0.05, 0) is 70.9 Å². The first kappa shape index (κ1) is 52.8. The summed E-state index contributed by atoms with van der Waals surface area (Å²) < 4.78 is 17.0. The number of hydrogen-bond acceptors (Lipinski definition) is 7. The van der Waals surface area contributed by atoms with Crippen molar-refractivity contribution in [2.75, 3.05) is 40.0 Å².